The van der Waals surface area contributed by atoms with E-state index in [0.29, 0.717) is 17.3 Å². The van der Waals surface area contributed by atoms with Gasteiger partial charge in [-0.05, 0) is 19.1 Å². The Bertz CT molecular complexity index is 622. The Morgan fingerprint density at radius 1 is 1.40 bits per heavy atom. The normalized spacial score (nSPS) is 16.8. The molecule has 0 saturated heterocycles. The number of hydrogen-bond acceptors (Lipinski definition) is 6. The number of nitrogens with zero attached hydrogens (tertiary/aromatic N) is 1. The van der Waals surface area contributed by atoms with Crippen molar-refractivity contribution in [2.24, 2.45) is 0 Å². The quantitative estimate of drug-likeness (QED) is 0.796. The van der Waals surface area contributed by atoms with E-state index in [0.717, 1.165) is 5.69 Å². The molecular weight excluding hydrogens is 262 g/mol. The van der Waals surface area contributed by atoms with Crippen molar-refractivity contribution in [1.82, 2.24) is 5.16 Å². The lowest BCUT2D eigenvalue weighted by Gasteiger charge is -2.24. The fourth-order valence-electron chi connectivity index (χ4n) is 1.86. The number of esters is 1. The van der Waals surface area contributed by atoms with Crippen LogP contribution in [0.4, 0.5) is 0 Å². The molecule has 1 aromatic carbocycles. The Morgan fingerprint density at radius 3 is 2.95 bits per heavy atom. The molecule has 20 heavy (non-hydrogen) atoms. The fraction of sp³-hybridized carbons (Fsp3) is 0.286. The Morgan fingerprint density at radius 2 is 2.20 bits per heavy atom. The van der Waals surface area contributed by atoms with Crippen LogP contribution in [0.15, 0.2) is 34.9 Å². The number of ether oxygens (including phenoxy) is 3. The van der Waals surface area contributed by atoms with Crippen molar-refractivity contribution in [3.8, 4) is 11.5 Å². The highest BCUT2D eigenvalue weighted by atomic mass is 16.6. The number of aryl methyl sites for hydroxylation is 1. The molecule has 0 amide bonds. The van der Waals surface area contributed by atoms with Crippen LogP contribution in [-0.4, -0.2) is 23.8 Å². The second kappa shape index (κ2) is 5.24. The van der Waals surface area contributed by atoms with E-state index in [-0.39, 0.29) is 13.2 Å². The molecule has 3 rings (SSSR count). The first-order valence-electron chi connectivity index (χ1n) is 6.20. The van der Waals surface area contributed by atoms with Gasteiger partial charge in [-0.25, -0.2) is 4.79 Å². The lowest BCUT2D eigenvalue weighted by Crippen LogP contribution is -2.37. The number of carbonyl (C=O) groups excluding carboxylic acids is 1. The third-order valence-electron chi connectivity index (χ3n) is 2.80. The van der Waals surface area contributed by atoms with Crippen molar-refractivity contribution in [3.05, 3.63) is 41.8 Å². The van der Waals surface area contributed by atoms with Crippen molar-refractivity contribution >= 4 is 5.97 Å². The summed E-state index contributed by atoms with van der Waals surface area (Å²) in [5, 5.41) is 3.71. The number of aromatic nitrogens is 1. The number of hydrogen-bond donors (Lipinski definition) is 0. The monoisotopic (exact) mass is 275 g/mol. The van der Waals surface area contributed by atoms with Gasteiger partial charge >= 0.3 is 5.97 Å². The Balaban J connectivity index is 1.59. The third-order valence-corrected chi connectivity index (χ3v) is 2.80. The van der Waals surface area contributed by atoms with Crippen LogP contribution in [0.5, 0.6) is 11.5 Å². The minimum Gasteiger partial charge on any atom is -0.485 e. The number of benzene rings is 1. The van der Waals surface area contributed by atoms with E-state index in [2.05, 4.69) is 5.16 Å². The predicted octanol–water partition coefficient (Wildman–Crippen LogP) is 1.87. The molecule has 2 heterocycles. The molecule has 0 fully saturated rings. The predicted molar refractivity (Wildman–Crippen MR) is 67.4 cm³/mol. The summed E-state index contributed by atoms with van der Waals surface area (Å²) in [5.41, 5.74) is 0.738. The van der Waals surface area contributed by atoms with Crippen LogP contribution in [0.1, 0.15) is 11.5 Å². The van der Waals surface area contributed by atoms with Crippen LogP contribution < -0.4 is 9.47 Å². The molecule has 1 aliphatic rings. The molecule has 1 aromatic heterocycles. The van der Waals surface area contributed by atoms with Crippen LogP contribution in [-0.2, 0) is 16.1 Å². The molecule has 1 atom stereocenters. The average molecular weight is 275 g/mol. The van der Waals surface area contributed by atoms with Gasteiger partial charge in [0.2, 0.25) is 6.10 Å². The van der Waals surface area contributed by atoms with Crippen molar-refractivity contribution < 1.29 is 23.5 Å². The van der Waals surface area contributed by atoms with Crippen molar-refractivity contribution in [2.75, 3.05) is 6.61 Å². The second-order valence-corrected chi connectivity index (χ2v) is 4.41. The maximum atomic E-state index is 11.9. The lowest BCUT2D eigenvalue weighted by molar-refractivity contribution is -0.156. The lowest BCUT2D eigenvalue weighted by atomic mass is 10.2. The summed E-state index contributed by atoms with van der Waals surface area (Å²) in [6.07, 6.45) is -0.770. The van der Waals surface area contributed by atoms with E-state index < -0.39 is 12.1 Å². The minimum atomic E-state index is -0.770. The molecule has 0 saturated carbocycles. The van der Waals surface area contributed by atoms with E-state index in [1.165, 1.54) is 0 Å². The minimum absolute atomic E-state index is 0.0289. The van der Waals surface area contributed by atoms with Gasteiger partial charge in [-0.15, -0.1) is 0 Å². The van der Waals surface area contributed by atoms with E-state index in [1.54, 1.807) is 25.1 Å². The highest BCUT2D eigenvalue weighted by Gasteiger charge is 2.28. The summed E-state index contributed by atoms with van der Waals surface area (Å²) >= 11 is 0. The van der Waals surface area contributed by atoms with Gasteiger partial charge in [0.05, 0.1) is 5.69 Å². The SMILES string of the molecule is Cc1cc(COC(=O)C2COc3ccccc3O2)on1. The summed E-state index contributed by atoms with van der Waals surface area (Å²) in [6.45, 7) is 1.95. The molecule has 0 aliphatic carbocycles. The molecule has 0 radical (unpaired) electrons. The van der Waals surface area contributed by atoms with Crippen molar-refractivity contribution in [1.29, 1.82) is 0 Å². The molecule has 6 nitrogen and oxygen atoms in total. The summed E-state index contributed by atoms with van der Waals surface area (Å²) in [4.78, 5) is 11.9. The molecule has 1 unspecified atom stereocenters. The number of fused-ring (bicyclic) bond motifs is 1. The van der Waals surface area contributed by atoms with Crippen LogP contribution in [0, 0.1) is 6.92 Å². The molecule has 0 N–H and O–H groups in total. The van der Waals surface area contributed by atoms with E-state index >= 15 is 0 Å². The number of rotatable bonds is 3. The molecule has 0 spiro atoms. The number of para-hydroxylation sites is 2. The molecule has 104 valence electrons. The zero-order valence-electron chi connectivity index (χ0n) is 10.9. The maximum Gasteiger partial charge on any atom is 0.351 e. The fourth-order valence-corrected chi connectivity index (χ4v) is 1.86. The molecule has 6 heteroatoms. The first kappa shape index (κ1) is 12.5. The molecule has 2 aromatic rings. The van der Waals surface area contributed by atoms with E-state index in [1.807, 2.05) is 12.1 Å². The van der Waals surface area contributed by atoms with Gasteiger partial charge in [-0.3, -0.25) is 0 Å². The third kappa shape index (κ3) is 2.59. The van der Waals surface area contributed by atoms with Crippen LogP contribution >= 0.6 is 0 Å². The van der Waals surface area contributed by atoms with Gasteiger partial charge in [-0.2, -0.15) is 0 Å². The van der Waals surface area contributed by atoms with Crippen LogP contribution in [0.2, 0.25) is 0 Å². The zero-order valence-corrected chi connectivity index (χ0v) is 10.9. The summed E-state index contributed by atoms with van der Waals surface area (Å²) < 4.78 is 21.1. The van der Waals surface area contributed by atoms with E-state index in [4.69, 9.17) is 18.7 Å². The highest BCUT2D eigenvalue weighted by Crippen LogP contribution is 2.31. The topological polar surface area (TPSA) is 70.8 Å². The zero-order chi connectivity index (χ0) is 13.9. The molecule has 0 bridgehead atoms. The van der Waals surface area contributed by atoms with Gasteiger partial charge in [0.15, 0.2) is 23.9 Å². The summed E-state index contributed by atoms with van der Waals surface area (Å²) in [7, 11) is 0. The average Bonchev–Trinajstić information content (AvgIpc) is 2.90. The largest absolute Gasteiger partial charge is 0.485 e. The van der Waals surface area contributed by atoms with Crippen molar-refractivity contribution in [2.45, 2.75) is 19.6 Å². The Labute approximate surface area is 115 Å². The van der Waals surface area contributed by atoms with Gasteiger partial charge < -0.3 is 18.7 Å². The second-order valence-electron chi connectivity index (χ2n) is 4.41. The highest BCUT2D eigenvalue weighted by molar-refractivity contribution is 5.75. The van der Waals surface area contributed by atoms with Crippen molar-refractivity contribution in [3.63, 3.8) is 0 Å². The first-order valence-corrected chi connectivity index (χ1v) is 6.20. The van der Waals surface area contributed by atoms with Gasteiger partial charge in [-0.1, -0.05) is 17.3 Å². The standard InChI is InChI=1S/C14H13NO5/c1-9-6-10(20-15-9)7-18-14(16)13-8-17-11-4-2-3-5-12(11)19-13/h2-6,13H,7-8H2,1H3. The van der Waals surface area contributed by atoms with Crippen LogP contribution in [0.3, 0.4) is 0 Å². The van der Waals surface area contributed by atoms with E-state index in [9.17, 15) is 4.79 Å². The summed E-state index contributed by atoms with van der Waals surface area (Å²) in [5.74, 6) is 1.17. The first-order chi connectivity index (χ1) is 9.72. The van der Waals surface area contributed by atoms with Gasteiger partial charge in [0.25, 0.3) is 0 Å². The van der Waals surface area contributed by atoms with Gasteiger partial charge in [0, 0.05) is 6.07 Å². The Hall–Kier alpha value is -2.50. The number of carbonyl (C=O) groups is 1. The summed E-state index contributed by atoms with van der Waals surface area (Å²) in [6, 6.07) is 8.89. The Kier molecular flexibility index (Phi) is 3.28. The van der Waals surface area contributed by atoms with Gasteiger partial charge in [0.1, 0.15) is 6.61 Å². The molecule has 1 aliphatic heterocycles. The smallest absolute Gasteiger partial charge is 0.351 e. The maximum absolute atomic E-state index is 11.9. The van der Waals surface area contributed by atoms with Crippen LogP contribution in [0.25, 0.3) is 0 Å². The molecular formula is C14H13NO5.